The number of aromatic nitrogens is 2. The first kappa shape index (κ1) is 44.7. The van der Waals surface area contributed by atoms with Gasteiger partial charge < -0.3 is 34.5 Å². The van der Waals surface area contributed by atoms with Crippen molar-refractivity contribution in [3.63, 3.8) is 0 Å². The summed E-state index contributed by atoms with van der Waals surface area (Å²) in [6, 6.07) is 13.7. The molecule has 0 radical (unpaired) electrons. The van der Waals surface area contributed by atoms with Crippen LogP contribution in [0.3, 0.4) is 0 Å². The predicted molar refractivity (Wildman–Crippen MR) is 235 cm³/mol. The molecule has 14 nitrogen and oxygen atoms in total. The number of pyridine rings is 1. The van der Waals surface area contributed by atoms with Crippen LogP contribution in [0.15, 0.2) is 54.7 Å². The smallest absolute Gasteiger partial charge is 0.324 e. The molecular weight excluding hydrogens is 789 g/mol. The zero-order valence-corrected chi connectivity index (χ0v) is 37.3. The van der Waals surface area contributed by atoms with E-state index in [1.165, 1.54) is 5.01 Å². The second-order valence-corrected chi connectivity index (χ2v) is 19.0. The SMILES string of the molecule is CCn1c(-c2cccnc2[C@H](C)OC)c2c3cc(ccc31)-c1cc(O)cc(c1)C[C@H](NC(=O)CC(C)(C)CN(C)C(=O)[C@@H]1C[C@H]1O)C(=O)N1CCC[C@H](N1)C(=O)OCC(C)(C)C2. The predicted octanol–water partition coefficient (Wildman–Crippen LogP) is 5.71. The monoisotopic (exact) mass is 850 g/mol. The Bertz CT molecular complexity index is 2350. The summed E-state index contributed by atoms with van der Waals surface area (Å²) < 4.78 is 14.2. The molecule has 2 aromatic carbocycles. The lowest BCUT2D eigenvalue weighted by atomic mass is 9.84. The maximum absolute atomic E-state index is 14.5. The van der Waals surface area contributed by atoms with Crippen LogP contribution in [0.2, 0.25) is 0 Å². The van der Waals surface area contributed by atoms with E-state index in [9.17, 15) is 29.4 Å². The second-order valence-electron chi connectivity index (χ2n) is 19.0. The van der Waals surface area contributed by atoms with Gasteiger partial charge in [0.25, 0.3) is 5.91 Å². The van der Waals surface area contributed by atoms with Gasteiger partial charge in [-0.15, -0.1) is 0 Å². The third-order valence-electron chi connectivity index (χ3n) is 12.5. The van der Waals surface area contributed by atoms with Crippen LogP contribution in [0.25, 0.3) is 33.3 Å². The van der Waals surface area contributed by atoms with Crippen LogP contribution in [0.1, 0.15) is 90.2 Å². The zero-order chi connectivity index (χ0) is 44.7. The third kappa shape index (κ3) is 9.67. The van der Waals surface area contributed by atoms with E-state index in [2.05, 4.69) is 54.3 Å². The van der Waals surface area contributed by atoms with Crippen molar-refractivity contribution in [2.75, 3.05) is 33.9 Å². The molecule has 5 atom stereocenters. The number of carbonyl (C=O) groups excluding carboxylic acids is 4. The molecule has 4 N–H and O–H groups in total. The highest BCUT2D eigenvalue weighted by Gasteiger charge is 2.44. The topological polar surface area (TPSA) is 176 Å². The molecule has 2 fully saturated rings. The van der Waals surface area contributed by atoms with Crippen LogP contribution in [0, 0.1) is 16.7 Å². The average molecular weight is 851 g/mol. The van der Waals surface area contributed by atoms with Crippen LogP contribution in [-0.2, 0) is 48.0 Å². The van der Waals surface area contributed by atoms with Gasteiger partial charge in [-0.05, 0) is 104 Å². The van der Waals surface area contributed by atoms with Gasteiger partial charge in [0.2, 0.25) is 11.8 Å². The number of hydrazine groups is 1. The molecule has 4 heterocycles. The maximum atomic E-state index is 14.5. The Morgan fingerprint density at radius 2 is 1.90 bits per heavy atom. The lowest BCUT2D eigenvalue weighted by Gasteiger charge is -2.36. The molecule has 4 aromatic rings. The lowest BCUT2D eigenvalue weighted by Crippen LogP contribution is -2.60. The summed E-state index contributed by atoms with van der Waals surface area (Å²) in [5.41, 5.74) is 9.03. The number of methoxy groups -OCH3 is 1. The Labute approximate surface area is 363 Å². The zero-order valence-electron chi connectivity index (χ0n) is 37.3. The number of hydrogen-bond acceptors (Lipinski definition) is 10. The van der Waals surface area contributed by atoms with Crippen LogP contribution in [0.5, 0.6) is 5.75 Å². The number of aliphatic hydroxyl groups excluding tert-OH is 1. The fourth-order valence-electron chi connectivity index (χ4n) is 9.25. The van der Waals surface area contributed by atoms with Gasteiger partial charge in [0, 0.05) is 74.7 Å². The average Bonchev–Trinajstić information content (AvgIpc) is 3.89. The number of aromatic hydroxyl groups is 1. The number of nitrogens with zero attached hydrogens (tertiary/aromatic N) is 4. The molecule has 2 aliphatic heterocycles. The molecule has 6 bridgehead atoms. The minimum absolute atomic E-state index is 0.0116. The van der Waals surface area contributed by atoms with Crippen molar-refractivity contribution in [2.24, 2.45) is 16.7 Å². The van der Waals surface area contributed by atoms with E-state index in [0.29, 0.717) is 44.3 Å². The Morgan fingerprint density at radius 3 is 2.61 bits per heavy atom. The van der Waals surface area contributed by atoms with E-state index in [0.717, 1.165) is 44.5 Å². The molecule has 62 heavy (non-hydrogen) atoms. The van der Waals surface area contributed by atoms with Crippen molar-refractivity contribution in [1.82, 2.24) is 30.2 Å². The molecule has 0 spiro atoms. The summed E-state index contributed by atoms with van der Waals surface area (Å²) in [5, 5.41) is 26.4. The van der Waals surface area contributed by atoms with E-state index in [4.69, 9.17) is 14.5 Å². The Hall–Kier alpha value is -5.31. The van der Waals surface area contributed by atoms with Crippen LogP contribution in [-0.4, -0.2) is 105 Å². The number of aliphatic hydroxyl groups is 1. The number of fused-ring (bicyclic) bond motifs is 6. The van der Waals surface area contributed by atoms with Gasteiger partial charge in [0.1, 0.15) is 17.8 Å². The number of cyclic esters (lactones) is 1. The number of phenolic OH excluding ortho intramolecular Hbond substituents is 1. The highest BCUT2D eigenvalue weighted by molar-refractivity contribution is 5.95. The Kier molecular flexibility index (Phi) is 12.9. The fourth-order valence-corrected chi connectivity index (χ4v) is 9.25. The molecular formula is C48H62N6O8. The molecule has 14 heteroatoms. The largest absolute Gasteiger partial charge is 0.508 e. The van der Waals surface area contributed by atoms with Crippen molar-refractivity contribution in [2.45, 2.75) is 111 Å². The summed E-state index contributed by atoms with van der Waals surface area (Å²) in [7, 11) is 3.34. The van der Waals surface area contributed by atoms with E-state index in [-0.39, 0.29) is 49.7 Å². The lowest BCUT2D eigenvalue weighted by molar-refractivity contribution is -0.155. The Morgan fingerprint density at radius 1 is 1.15 bits per heavy atom. The van der Waals surface area contributed by atoms with Crippen LogP contribution >= 0.6 is 0 Å². The van der Waals surface area contributed by atoms with Crippen LogP contribution < -0.4 is 10.7 Å². The minimum Gasteiger partial charge on any atom is -0.508 e. The highest BCUT2D eigenvalue weighted by Crippen LogP contribution is 2.42. The summed E-state index contributed by atoms with van der Waals surface area (Å²) in [5.74, 6) is -1.82. The molecule has 332 valence electrons. The first-order valence-electron chi connectivity index (χ1n) is 21.8. The number of phenols is 1. The van der Waals surface area contributed by atoms with Crippen molar-refractivity contribution >= 4 is 34.6 Å². The van der Waals surface area contributed by atoms with Crippen LogP contribution in [0.4, 0.5) is 0 Å². The number of carbonyl (C=O) groups is 4. The summed E-state index contributed by atoms with van der Waals surface area (Å²) in [6.45, 7) is 13.4. The quantitative estimate of drug-likeness (QED) is 0.145. The normalized spacial score (nSPS) is 22.1. The Balaban J connectivity index is 1.29. The van der Waals surface area contributed by atoms with Crippen molar-refractivity contribution in [3.05, 3.63) is 71.5 Å². The molecule has 1 saturated carbocycles. The fraction of sp³-hybridized carbons (Fsp3) is 0.521. The number of hydrogen-bond donors (Lipinski definition) is 4. The first-order chi connectivity index (χ1) is 29.4. The van der Waals surface area contributed by atoms with E-state index < -0.39 is 46.8 Å². The minimum atomic E-state index is -1.06. The molecule has 1 saturated heterocycles. The summed E-state index contributed by atoms with van der Waals surface area (Å²) in [6.07, 6.45) is 2.95. The van der Waals surface area contributed by atoms with Gasteiger partial charge in [-0.2, -0.15) is 0 Å². The number of aryl methyl sites for hydroxylation is 1. The molecule has 2 aromatic heterocycles. The molecule has 7 rings (SSSR count). The summed E-state index contributed by atoms with van der Waals surface area (Å²) >= 11 is 0. The van der Waals surface area contributed by atoms with Crippen molar-refractivity contribution in [1.29, 1.82) is 0 Å². The maximum Gasteiger partial charge on any atom is 0.324 e. The number of benzene rings is 2. The van der Waals surface area contributed by atoms with E-state index >= 15 is 0 Å². The number of esters is 1. The van der Waals surface area contributed by atoms with Gasteiger partial charge in [0.05, 0.1) is 36.1 Å². The standard InChI is InChI=1S/C48H62N6O8/c1-9-53-39-15-14-30-22-34(39)36(43(53)33-12-10-16-49-42(33)28(2)61-8)24-48(5,6)27-62-46(60)37-13-11-17-54(51-37)45(59)38(20-29-18-31(30)21-32(55)19-29)50-41(57)25-47(3,4)26-52(7)44(58)35-23-40(35)56/h10,12,14-16,18-19,21-22,28,35,37-38,40,51,55-56H,9,11,13,17,20,23-27H2,1-8H3,(H,50,57)/t28-,35+,37-,38-,40+/m0/s1. The van der Waals surface area contributed by atoms with Gasteiger partial charge in [-0.1, -0.05) is 39.8 Å². The van der Waals surface area contributed by atoms with Crippen molar-refractivity contribution in [3.8, 4) is 28.1 Å². The number of rotatable bonds is 10. The van der Waals surface area contributed by atoms with Gasteiger partial charge in [0.15, 0.2) is 0 Å². The first-order valence-corrected chi connectivity index (χ1v) is 21.8. The molecule has 1 aliphatic carbocycles. The van der Waals surface area contributed by atoms with E-state index in [1.54, 1.807) is 37.4 Å². The third-order valence-corrected chi connectivity index (χ3v) is 12.5. The second kappa shape index (κ2) is 17.8. The van der Waals surface area contributed by atoms with Gasteiger partial charge >= 0.3 is 5.97 Å². The number of amides is 3. The van der Waals surface area contributed by atoms with E-state index in [1.807, 2.05) is 39.0 Å². The molecule has 3 amide bonds. The number of nitrogens with one attached hydrogen (secondary N) is 2. The van der Waals surface area contributed by atoms with Crippen molar-refractivity contribution < 1.29 is 38.9 Å². The number of ether oxygens (including phenoxy) is 2. The summed E-state index contributed by atoms with van der Waals surface area (Å²) in [4.78, 5) is 61.3. The highest BCUT2D eigenvalue weighted by atomic mass is 16.5. The van der Waals surface area contributed by atoms with Gasteiger partial charge in [-0.25, -0.2) is 5.43 Å². The van der Waals surface area contributed by atoms with Gasteiger partial charge in [-0.3, -0.25) is 29.2 Å². The molecule has 3 aliphatic rings. The molecule has 0 unspecified atom stereocenters.